The van der Waals surface area contributed by atoms with Gasteiger partial charge in [-0.25, -0.2) is 9.59 Å². The Kier molecular flexibility index (Phi) is 13.6. The maximum atomic E-state index is 10.7. The maximum absolute atomic E-state index is 10.7. The Morgan fingerprint density at radius 1 is 0.938 bits per heavy atom. The van der Waals surface area contributed by atoms with E-state index in [1.165, 1.54) is 19.1 Å². The molecule has 0 fully saturated rings. The van der Waals surface area contributed by atoms with E-state index in [9.17, 15) is 19.7 Å². The van der Waals surface area contributed by atoms with Gasteiger partial charge in [0, 0.05) is 22.7 Å². The molecule has 0 amide bonds. The minimum atomic E-state index is -1.03. The van der Waals surface area contributed by atoms with Crippen LogP contribution < -0.4 is 19.9 Å². The smallest absolute Gasteiger partial charge is 0.344 e. The number of nitrogens with zero attached hydrogens (tertiary/aromatic N) is 2. The molecule has 0 bridgehead atoms. The largest absolute Gasteiger partial charge is 0.480 e. The highest BCUT2D eigenvalue weighted by atomic mass is 35.5. The van der Waals surface area contributed by atoms with Crippen LogP contribution in [0.2, 0.25) is 15.1 Å². The Morgan fingerprint density at radius 3 is 2.23 bits per heavy atom. The van der Waals surface area contributed by atoms with Crippen molar-refractivity contribution in [2.75, 3.05) is 12.3 Å². The molecule has 48 heavy (non-hydrogen) atoms. The third-order valence-electron chi connectivity index (χ3n) is 6.11. The number of halogens is 3. The van der Waals surface area contributed by atoms with Crippen molar-refractivity contribution in [2.45, 2.75) is 20.0 Å². The van der Waals surface area contributed by atoms with Gasteiger partial charge in [-0.3, -0.25) is 15.1 Å². The molecule has 0 radical (unpaired) electrons. The number of hydrogen-bond acceptors (Lipinski definition) is 9. The van der Waals surface area contributed by atoms with Crippen LogP contribution in [0.1, 0.15) is 12.5 Å². The van der Waals surface area contributed by atoms with Crippen molar-refractivity contribution in [3.63, 3.8) is 0 Å². The number of nitrogens with two attached hydrogens (primary N) is 1. The number of carbonyl (C=O) groups is 2. The van der Waals surface area contributed by atoms with Crippen molar-refractivity contribution in [3.8, 4) is 23.0 Å². The first-order valence-corrected chi connectivity index (χ1v) is 14.9. The zero-order chi connectivity index (χ0) is 35.4. The van der Waals surface area contributed by atoms with E-state index in [-0.39, 0.29) is 22.1 Å². The number of rotatable bonds is 9. The molecule has 5 rings (SSSR count). The number of nitrogen functional groups attached to an aromatic ring is 1. The van der Waals surface area contributed by atoms with Gasteiger partial charge < -0.3 is 30.2 Å². The van der Waals surface area contributed by atoms with Crippen LogP contribution >= 0.6 is 34.8 Å². The Morgan fingerprint density at radius 2 is 1.60 bits per heavy atom. The van der Waals surface area contributed by atoms with Crippen molar-refractivity contribution >= 4 is 69.0 Å². The summed E-state index contributed by atoms with van der Waals surface area (Å²) in [7, 11) is 0. The molecule has 12 nitrogen and oxygen atoms in total. The molecule has 0 aliphatic carbocycles. The predicted molar refractivity (Wildman–Crippen MR) is 183 cm³/mol. The monoisotopic (exact) mass is 715 g/mol. The van der Waals surface area contributed by atoms with Crippen molar-refractivity contribution in [1.29, 1.82) is 0 Å². The van der Waals surface area contributed by atoms with Crippen molar-refractivity contribution in [2.24, 2.45) is 0 Å². The van der Waals surface area contributed by atoms with Gasteiger partial charge in [-0.1, -0.05) is 53.0 Å². The number of ether oxygens (including phenoxy) is 3. The van der Waals surface area contributed by atoms with Crippen molar-refractivity contribution < 1.29 is 38.9 Å². The lowest BCUT2D eigenvalue weighted by Gasteiger charge is -2.12. The van der Waals surface area contributed by atoms with Crippen molar-refractivity contribution in [1.82, 2.24) is 4.98 Å². The summed E-state index contributed by atoms with van der Waals surface area (Å²) in [4.78, 5) is 35.1. The molecule has 4 N–H and O–H groups in total. The number of fused-ring (bicyclic) bond motifs is 1. The number of anilines is 1. The SMILES string of the molecule is Cc1cc(Cl)ccc1OC(C)C(=O)O.Nc1c([N+](=O)[O-])ccc(Oc2ccccc2)c1Cl.O=C(O)COc1ccc(Cl)c2cccnc12. The quantitative estimate of drug-likeness (QED) is 0.0755. The Hall–Kier alpha value is -5.30. The molecule has 0 aliphatic heterocycles. The van der Waals surface area contributed by atoms with Gasteiger partial charge >= 0.3 is 11.9 Å². The number of hydrogen-bond donors (Lipinski definition) is 3. The fraction of sp³-hybridized carbons (Fsp3) is 0.121. The molecule has 1 heterocycles. The number of para-hydroxylation sites is 1. The molecule has 1 unspecified atom stereocenters. The van der Waals surface area contributed by atoms with Gasteiger partial charge in [0.25, 0.3) is 5.69 Å². The maximum Gasteiger partial charge on any atom is 0.344 e. The molecule has 0 spiro atoms. The predicted octanol–water partition coefficient (Wildman–Crippen LogP) is 8.47. The van der Waals surface area contributed by atoms with Gasteiger partial charge in [0.05, 0.1) is 9.95 Å². The first-order chi connectivity index (χ1) is 22.8. The second kappa shape index (κ2) is 17.6. The second-order valence-electron chi connectivity index (χ2n) is 9.62. The molecule has 0 aliphatic rings. The number of aliphatic carboxylic acids is 2. The summed E-state index contributed by atoms with van der Waals surface area (Å²) in [6, 6.07) is 23.5. The highest BCUT2D eigenvalue weighted by Crippen LogP contribution is 2.39. The minimum Gasteiger partial charge on any atom is -0.480 e. The number of nitro groups is 1. The van der Waals surface area contributed by atoms with Crippen LogP contribution in [0.3, 0.4) is 0 Å². The van der Waals surface area contributed by atoms with Crippen LogP contribution in [0.5, 0.6) is 23.0 Å². The first kappa shape index (κ1) is 37.2. The van der Waals surface area contributed by atoms with E-state index in [1.54, 1.807) is 72.9 Å². The number of aryl methyl sites for hydroxylation is 1. The normalized spacial score (nSPS) is 10.8. The van der Waals surface area contributed by atoms with Crippen LogP contribution in [0.15, 0.2) is 91.1 Å². The summed E-state index contributed by atoms with van der Waals surface area (Å²) in [5.74, 6) is -0.191. The zero-order valence-corrected chi connectivity index (χ0v) is 27.6. The summed E-state index contributed by atoms with van der Waals surface area (Å²) >= 11 is 17.7. The van der Waals surface area contributed by atoms with E-state index in [0.717, 1.165) is 10.9 Å². The number of carboxylic acid groups (broad SMARTS) is 2. The van der Waals surface area contributed by atoms with Gasteiger partial charge in [0.15, 0.2) is 12.7 Å². The highest BCUT2D eigenvalue weighted by Gasteiger charge is 2.18. The van der Waals surface area contributed by atoms with Gasteiger partial charge in [-0.05, 0) is 80.1 Å². The number of pyridine rings is 1. The van der Waals surface area contributed by atoms with E-state index in [1.807, 2.05) is 13.0 Å². The molecule has 0 saturated carbocycles. The van der Waals surface area contributed by atoms with Gasteiger partial charge in [0.2, 0.25) is 0 Å². The molecule has 0 saturated heterocycles. The summed E-state index contributed by atoms with van der Waals surface area (Å²) in [6.07, 6.45) is 0.751. The molecule has 4 aromatic carbocycles. The third kappa shape index (κ3) is 10.6. The number of benzene rings is 4. The molecule has 1 atom stereocenters. The number of aromatic nitrogens is 1. The second-order valence-corrected chi connectivity index (χ2v) is 10.8. The van der Waals surface area contributed by atoms with Gasteiger partial charge in [-0.2, -0.15) is 0 Å². The van der Waals surface area contributed by atoms with Crippen LogP contribution in [-0.2, 0) is 9.59 Å². The number of carboxylic acids is 2. The molecule has 5 aromatic rings. The Labute approximate surface area is 289 Å². The molecule has 250 valence electrons. The van der Waals surface area contributed by atoms with Crippen LogP contribution in [0.25, 0.3) is 10.9 Å². The van der Waals surface area contributed by atoms with Gasteiger partial charge in [0.1, 0.15) is 39.2 Å². The van der Waals surface area contributed by atoms with Crippen molar-refractivity contribution in [3.05, 3.63) is 122 Å². The lowest BCUT2D eigenvalue weighted by molar-refractivity contribution is -0.383. The molecular weight excluding hydrogens is 689 g/mol. The first-order valence-electron chi connectivity index (χ1n) is 13.8. The summed E-state index contributed by atoms with van der Waals surface area (Å²) in [6.45, 7) is 2.90. The zero-order valence-electron chi connectivity index (χ0n) is 25.3. The van der Waals surface area contributed by atoms with E-state index in [2.05, 4.69) is 4.98 Å². The fourth-order valence-electron chi connectivity index (χ4n) is 3.77. The van der Waals surface area contributed by atoms with E-state index in [0.29, 0.717) is 32.8 Å². The molecular formula is C33H28Cl3N3O9. The lowest BCUT2D eigenvalue weighted by Crippen LogP contribution is -2.23. The standard InChI is InChI=1S/C12H9ClN2O3.C11H8ClNO3.C10H11ClO3/c13-11-10(18-8-4-2-1-3-5-8)7-6-9(12(11)14)15(16)17;12-8-3-4-9(16-6-10(14)15)11-7(8)2-1-5-13-11;1-6-5-8(11)3-4-9(6)14-7(2)10(12)13/h1-7H,14H2;1-5H,6H2,(H,14,15);3-5,7H,1-2H3,(H,12,13). The minimum absolute atomic E-state index is 0.0352. The van der Waals surface area contributed by atoms with E-state index >= 15 is 0 Å². The lowest BCUT2D eigenvalue weighted by atomic mass is 10.2. The average Bonchev–Trinajstić information content (AvgIpc) is 3.05. The average molecular weight is 717 g/mol. The van der Waals surface area contributed by atoms with Crippen LogP contribution in [0.4, 0.5) is 11.4 Å². The molecule has 15 heteroatoms. The fourth-order valence-corrected chi connectivity index (χ4v) is 4.41. The Bertz CT molecular complexity index is 1910. The van der Waals surface area contributed by atoms with Crippen LogP contribution in [0, 0.1) is 17.0 Å². The number of nitro benzene ring substituents is 1. The summed E-state index contributed by atoms with van der Waals surface area (Å²) in [5, 5.41) is 29.8. The molecule has 1 aromatic heterocycles. The summed E-state index contributed by atoms with van der Waals surface area (Å²) in [5.41, 5.74) is 6.64. The van der Waals surface area contributed by atoms with E-state index in [4.69, 9.17) is 65.0 Å². The summed E-state index contributed by atoms with van der Waals surface area (Å²) < 4.78 is 15.8. The topological polar surface area (TPSA) is 184 Å². The van der Waals surface area contributed by atoms with Gasteiger partial charge in [-0.15, -0.1) is 0 Å². The Balaban J connectivity index is 0.000000197. The van der Waals surface area contributed by atoms with E-state index < -0.39 is 29.6 Å². The van der Waals surface area contributed by atoms with Crippen LogP contribution in [-0.4, -0.2) is 44.8 Å². The third-order valence-corrected chi connectivity index (χ3v) is 7.06. The highest BCUT2D eigenvalue weighted by molar-refractivity contribution is 6.35.